The van der Waals surface area contributed by atoms with Gasteiger partial charge in [-0.15, -0.1) is 0 Å². The van der Waals surface area contributed by atoms with E-state index in [1.54, 1.807) is 6.08 Å². The van der Waals surface area contributed by atoms with Crippen LogP contribution in [0.4, 0.5) is 0 Å². The number of nitrogens with one attached hydrogen (secondary N) is 1. The molecule has 0 saturated heterocycles. The predicted octanol–water partition coefficient (Wildman–Crippen LogP) is 5.56. The minimum Gasteiger partial charge on any atom is -0.508 e. The molecule has 1 aliphatic rings. The van der Waals surface area contributed by atoms with Gasteiger partial charge in [0.25, 0.3) is 5.91 Å². The van der Waals surface area contributed by atoms with Crippen molar-refractivity contribution in [1.29, 1.82) is 0 Å². The SMILES string of the molecule is CCCCc1oc2c(c1C(=O)c1cc(Br)c(OCC(=O)O)c(Br)c1)C(=O)C(NC(=O)c1ccc(O)cc1)C=C2. The lowest BCUT2D eigenvalue weighted by Crippen LogP contribution is -2.41. The van der Waals surface area contributed by atoms with Crippen LogP contribution in [-0.4, -0.2) is 46.3 Å². The zero-order valence-electron chi connectivity index (χ0n) is 20.6. The fraction of sp³-hybridized carbons (Fsp3) is 0.214. The van der Waals surface area contributed by atoms with E-state index in [1.807, 2.05) is 6.92 Å². The molecule has 9 nitrogen and oxygen atoms in total. The number of unbranched alkanes of at least 4 members (excludes halogenated alkanes) is 1. The lowest BCUT2D eigenvalue weighted by atomic mass is 9.89. The molecule has 1 aromatic heterocycles. The summed E-state index contributed by atoms with van der Waals surface area (Å²) < 4.78 is 12.0. The number of aliphatic carboxylic acids is 1. The molecule has 0 bridgehead atoms. The standard InChI is InChI=1S/C28H23Br2NO8/c1-2-3-4-20-23(25(35)15-11-17(29)27(18(30)12-15)38-13-22(33)34)24-21(39-20)10-9-19(26(24)36)31-28(37)14-5-7-16(32)8-6-14/h5-12,19,32H,2-4,13H2,1H3,(H,31,37)(H,33,34). The lowest BCUT2D eigenvalue weighted by molar-refractivity contribution is -0.139. The van der Waals surface area contributed by atoms with Crippen LogP contribution in [0.5, 0.6) is 11.5 Å². The lowest BCUT2D eigenvalue weighted by Gasteiger charge is -2.18. The quantitative estimate of drug-likeness (QED) is 0.240. The summed E-state index contributed by atoms with van der Waals surface area (Å²) in [6.45, 7) is 1.42. The summed E-state index contributed by atoms with van der Waals surface area (Å²) in [5.74, 6) is -1.81. The van der Waals surface area contributed by atoms with Gasteiger partial charge in [0.15, 0.2) is 18.2 Å². The molecule has 0 aliphatic heterocycles. The second kappa shape index (κ2) is 12.0. The number of phenols is 1. The van der Waals surface area contributed by atoms with E-state index in [9.17, 15) is 24.3 Å². The third kappa shape index (κ3) is 6.15. The Kier molecular flexibility index (Phi) is 8.71. The summed E-state index contributed by atoms with van der Waals surface area (Å²) >= 11 is 6.65. The van der Waals surface area contributed by atoms with Gasteiger partial charge in [0, 0.05) is 17.5 Å². The molecule has 1 aliphatic carbocycles. The molecule has 0 radical (unpaired) electrons. The highest BCUT2D eigenvalue weighted by Crippen LogP contribution is 2.37. The van der Waals surface area contributed by atoms with Gasteiger partial charge in [0.1, 0.15) is 29.1 Å². The maximum atomic E-state index is 13.8. The molecule has 202 valence electrons. The maximum Gasteiger partial charge on any atom is 0.341 e. The van der Waals surface area contributed by atoms with Gasteiger partial charge in [-0.05, 0) is 80.8 Å². The highest BCUT2D eigenvalue weighted by Gasteiger charge is 2.35. The number of carboxylic acid groups (broad SMARTS) is 1. The molecule has 1 atom stereocenters. The molecule has 0 fully saturated rings. The smallest absolute Gasteiger partial charge is 0.341 e. The van der Waals surface area contributed by atoms with Gasteiger partial charge in [-0.25, -0.2) is 4.79 Å². The molecule has 0 spiro atoms. The molecule has 2 aromatic carbocycles. The Morgan fingerprint density at radius 2 is 1.74 bits per heavy atom. The number of ketones is 2. The van der Waals surface area contributed by atoms with Gasteiger partial charge in [-0.1, -0.05) is 19.4 Å². The third-order valence-corrected chi connectivity index (χ3v) is 7.16. The van der Waals surface area contributed by atoms with E-state index >= 15 is 0 Å². The van der Waals surface area contributed by atoms with Gasteiger partial charge < -0.3 is 24.7 Å². The Labute approximate surface area is 240 Å². The van der Waals surface area contributed by atoms with E-state index in [1.165, 1.54) is 42.5 Å². The molecule has 3 aromatic rings. The Morgan fingerprint density at radius 3 is 2.36 bits per heavy atom. The number of fused-ring (bicyclic) bond motifs is 1. The van der Waals surface area contributed by atoms with Crippen LogP contribution < -0.4 is 10.1 Å². The van der Waals surface area contributed by atoms with Crippen molar-refractivity contribution in [1.82, 2.24) is 5.32 Å². The van der Waals surface area contributed by atoms with Crippen molar-refractivity contribution in [2.45, 2.75) is 32.2 Å². The fourth-order valence-electron chi connectivity index (χ4n) is 4.10. The molecule has 0 saturated carbocycles. The van der Waals surface area contributed by atoms with Crippen molar-refractivity contribution >= 4 is 61.4 Å². The fourth-order valence-corrected chi connectivity index (χ4v) is 5.51. The average molecular weight is 661 g/mol. The number of ether oxygens (including phenoxy) is 1. The molecule has 3 N–H and O–H groups in total. The molecule has 11 heteroatoms. The van der Waals surface area contributed by atoms with E-state index in [0.717, 1.165) is 12.8 Å². The largest absolute Gasteiger partial charge is 0.508 e. The summed E-state index contributed by atoms with van der Waals surface area (Å²) in [5, 5.41) is 21.1. The van der Waals surface area contributed by atoms with Crippen molar-refractivity contribution in [3.63, 3.8) is 0 Å². The van der Waals surface area contributed by atoms with Crippen LogP contribution >= 0.6 is 31.9 Å². The second-order valence-electron chi connectivity index (χ2n) is 8.74. The van der Waals surface area contributed by atoms with Crippen molar-refractivity contribution in [3.8, 4) is 11.5 Å². The third-order valence-electron chi connectivity index (χ3n) is 5.98. The van der Waals surface area contributed by atoms with Gasteiger partial charge in [-0.2, -0.15) is 0 Å². The highest BCUT2D eigenvalue weighted by atomic mass is 79.9. The Bertz CT molecular complexity index is 1470. The molecule has 39 heavy (non-hydrogen) atoms. The number of hydrogen-bond acceptors (Lipinski definition) is 7. The van der Waals surface area contributed by atoms with Crippen molar-refractivity contribution < 1.29 is 38.5 Å². The topological polar surface area (TPSA) is 143 Å². The predicted molar refractivity (Wildman–Crippen MR) is 148 cm³/mol. The van der Waals surface area contributed by atoms with Crippen LogP contribution in [0.15, 0.2) is 55.8 Å². The summed E-state index contributed by atoms with van der Waals surface area (Å²) in [7, 11) is 0. The number of aromatic hydroxyl groups is 1. The molecular formula is C28H23Br2NO8. The zero-order valence-corrected chi connectivity index (χ0v) is 23.8. The molecule has 1 amide bonds. The number of amides is 1. The summed E-state index contributed by atoms with van der Waals surface area (Å²) in [4.78, 5) is 51.1. The van der Waals surface area contributed by atoms with E-state index in [4.69, 9.17) is 14.3 Å². The second-order valence-corrected chi connectivity index (χ2v) is 10.5. The number of furan rings is 1. The maximum absolute atomic E-state index is 13.8. The average Bonchev–Trinajstić information content (AvgIpc) is 3.27. The van der Waals surface area contributed by atoms with Crippen LogP contribution in [0, 0.1) is 0 Å². The first-order valence-electron chi connectivity index (χ1n) is 12.0. The van der Waals surface area contributed by atoms with Crippen LogP contribution in [0.2, 0.25) is 0 Å². The zero-order chi connectivity index (χ0) is 28.3. The van der Waals surface area contributed by atoms with E-state index in [-0.39, 0.29) is 39.5 Å². The monoisotopic (exact) mass is 659 g/mol. The van der Waals surface area contributed by atoms with Gasteiger partial charge in [0.2, 0.25) is 0 Å². The van der Waals surface area contributed by atoms with Crippen molar-refractivity contribution in [3.05, 3.63) is 85.2 Å². The number of phenolic OH excluding ortho intramolecular Hbond substituents is 1. The van der Waals surface area contributed by atoms with Crippen molar-refractivity contribution in [2.24, 2.45) is 0 Å². The molecule has 1 heterocycles. The van der Waals surface area contributed by atoms with Crippen molar-refractivity contribution in [2.75, 3.05) is 6.61 Å². The summed E-state index contributed by atoms with van der Waals surface area (Å²) in [6.07, 6.45) is 5.06. The molecule has 1 unspecified atom stereocenters. The first kappa shape index (κ1) is 28.3. The minimum absolute atomic E-state index is 0.00532. The van der Waals surface area contributed by atoms with E-state index in [2.05, 4.69) is 37.2 Å². The highest BCUT2D eigenvalue weighted by molar-refractivity contribution is 9.11. The number of carbonyl (C=O) groups excluding carboxylic acids is 3. The number of carboxylic acids is 1. The van der Waals surface area contributed by atoms with E-state index in [0.29, 0.717) is 21.1 Å². The normalized spacial score (nSPS) is 14.1. The number of rotatable bonds is 10. The summed E-state index contributed by atoms with van der Waals surface area (Å²) in [6, 6.07) is 7.54. The minimum atomic E-state index is -1.15. The van der Waals surface area contributed by atoms with E-state index < -0.39 is 36.1 Å². The number of carbonyl (C=O) groups is 4. The number of Topliss-reactive ketones (excluding diaryl/α,β-unsaturated/α-hetero) is 1. The van der Waals surface area contributed by atoms with Gasteiger partial charge in [-0.3, -0.25) is 14.4 Å². The molecular weight excluding hydrogens is 638 g/mol. The Balaban J connectivity index is 1.69. The Morgan fingerprint density at radius 1 is 1.08 bits per heavy atom. The van der Waals surface area contributed by atoms with Crippen LogP contribution in [-0.2, 0) is 11.2 Å². The molecule has 4 rings (SSSR count). The van der Waals surface area contributed by atoms with Gasteiger partial charge in [0.05, 0.1) is 20.1 Å². The van der Waals surface area contributed by atoms with Gasteiger partial charge >= 0.3 is 5.97 Å². The summed E-state index contributed by atoms with van der Waals surface area (Å²) in [5.41, 5.74) is 0.675. The van der Waals surface area contributed by atoms with Crippen LogP contribution in [0.1, 0.15) is 67.9 Å². The van der Waals surface area contributed by atoms with Crippen LogP contribution in [0.25, 0.3) is 6.08 Å². The number of hydrogen-bond donors (Lipinski definition) is 3. The first-order valence-corrected chi connectivity index (χ1v) is 13.6. The number of benzene rings is 2. The van der Waals surface area contributed by atoms with Crippen LogP contribution in [0.3, 0.4) is 0 Å². The Hall–Kier alpha value is -3.70. The number of aryl methyl sites for hydroxylation is 1. The number of halogens is 2. The first-order chi connectivity index (χ1) is 18.6.